The molecule has 0 bridgehead atoms. The SMILES string of the molecule is CC(C)c1ccc(Oc2ccc(CCc3ccc(Oc4ccccc4)cc3)cc2)cc1. The van der Waals surface area contributed by atoms with Gasteiger partial charge in [0.05, 0.1) is 0 Å². The average Bonchev–Trinajstić information content (AvgIpc) is 2.81. The van der Waals surface area contributed by atoms with Gasteiger partial charge >= 0.3 is 0 Å². The maximum absolute atomic E-state index is 5.98. The Bertz CT molecular complexity index is 1060. The summed E-state index contributed by atoms with van der Waals surface area (Å²) in [6.07, 6.45) is 1.98. The highest BCUT2D eigenvalue weighted by molar-refractivity contribution is 5.36. The van der Waals surface area contributed by atoms with Crippen molar-refractivity contribution in [3.8, 4) is 23.0 Å². The minimum Gasteiger partial charge on any atom is -0.457 e. The predicted molar refractivity (Wildman–Crippen MR) is 127 cm³/mol. The third-order valence-corrected chi connectivity index (χ3v) is 5.31. The second kappa shape index (κ2) is 9.99. The van der Waals surface area contributed by atoms with E-state index in [0.717, 1.165) is 35.8 Å². The van der Waals surface area contributed by atoms with Crippen molar-refractivity contribution >= 4 is 0 Å². The van der Waals surface area contributed by atoms with Crippen LogP contribution in [-0.2, 0) is 12.8 Å². The van der Waals surface area contributed by atoms with E-state index in [0.29, 0.717) is 5.92 Å². The monoisotopic (exact) mass is 408 g/mol. The predicted octanol–water partition coefficient (Wildman–Crippen LogP) is 8.18. The van der Waals surface area contributed by atoms with E-state index in [9.17, 15) is 0 Å². The summed E-state index contributed by atoms with van der Waals surface area (Å²) in [4.78, 5) is 0. The van der Waals surface area contributed by atoms with Crippen LogP contribution in [0, 0.1) is 0 Å². The van der Waals surface area contributed by atoms with E-state index >= 15 is 0 Å². The van der Waals surface area contributed by atoms with E-state index in [2.05, 4.69) is 50.2 Å². The summed E-state index contributed by atoms with van der Waals surface area (Å²) in [5.41, 5.74) is 3.92. The summed E-state index contributed by atoms with van der Waals surface area (Å²) in [7, 11) is 0. The third-order valence-electron chi connectivity index (χ3n) is 5.31. The van der Waals surface area contributed by atoms with Crippen molar-refractivity contribution in [2.45, 2.75) is 32.6 Å². The summed E-state index contributed by atoms with van der Waals surface area (Å²) < 4.78 is 11.8. The molecule has 0 radical (unpaired) electrons. The Morgan fingerprint density at radius 1 is 0.484 bits per heavy atom. The molecule has 0 fully saturated rings. The fraction of sp³-hybridized carbons (Fsp3) is 0.172. The molecule has 0 aliphatic heterocycles. The number of rotatable bonds is 8. The molecule has 0 saturated heterocycles. The van der Waals surface area contributed by atoms with Gasteiger partial charge in [0.15, 0.2) is 0 Å². The maximum Gasteiger partial charge on any atom is 0.127 e. The summed E-state index contributed by atoms with van der Waals surface area (Å²) in [6.45, 7) is 4.39. The number of aryl methyl sites for hydroxylation is 2. The molecular formula is C29H28O2. The molecule has 31 heavy (non-hydrogen) atoms. The van der Waals surface area contributed by atoms with Gasteiger partial charge in [0.2, 0.25) is 0 Å². The summed E-state index contributed by atoms with van der Waals surface area (Å²) in [6, 6.07) is 34.9. The molecule has 156 valence electrons. The minimum atomic E-state index is 0.529. The Balaban J connectivity index is 1.29. The smallest absolute Gasteiger partial charge is 0.127 e. The number of hydrogen-bond donors (Lipinski definition) is 0. The standard InChI is InChI=1S/C29H28O2/c1-22(2)25-14-20-29(21-15-25)31-28-18-12-24(13-19-28)9-8-23-10-16-27(17-11-23)30-26-6-4-3-5-7-26/h3-7,10-22H,8-9H2,1-2H3. The van der Waals surface area contributed by atoms with E-state index in [1.165, 1.54) is 16.7 Å². The van der Waals surface area contributed by atoms with Crippen molar-refractivity contribution in [2.24, 2.45) is 0 Å². The molecule has 0 unspecified atom stereocenters. The first-order valence-electron chi connectivity index (χ1n) is 10.8. The first-order valence-corrected chi connectivity index (χ1v) is 10.8. The van der Waals surface area contributed by atoms with Crippen LogP contribution >= 0.6 is 0 Å². The van der Waals surface area contributed by atoms with Gasteiger partial charge in [-0.05, 0) is 84.0 Å². The lowest BCUT2D eigenvalue weighted by atomic mass is 10.0. The van der Waals surface area contributed by atoms with E-state index in [1.54, 1.807) is 0 Å². The molecule has 4 aromatic rings. The quantitative estimate of drug-likeness (QED) is 0.293. The largest absolute Gasteiger partial charge is 0.457 e. The molecule has 0 aliphatic rings. The van der Waals surface area contributed by atoms with Crippen LogP contribution in [0.3, 0.4) is 0 Å². The number of para-hydroxylation sites is 1. The Hall–Kier alpha value is -3.52. The van der Waals surface area contributed by atoms with Crippen molar-refractivity contribution in [1.29, 1.82) is 0 Å². The van der Waals surface area contributed by atoms with Gasteiger partial charge in [-0.3, -0.25) is 0 Å². The van der Waals surface area contributed by atoms with Gasteiger partial charge in [0, 0.05) is 0 Å². The number of hydrogen-bond acceptors (Lipinski definition) is 2. The number of benzene rings is 4. The molecule has 0 heterocycles. The van der Waals surface area contributed by atoms with Crippen LogP contribution in [0.25, 0.3) is 0 Å². The molecule has 2 heteroatoms. The van der Waals surface area contributed by atoms with Gasteiger partial charge in [0.25, 0.3) is 0 Å². The molecule has 0 atom stereocenters. The highest BCUT2D eigenvalue weighted by Crippen LogP contribution is 2.25. The van der Waals surface area contributed by atoms with E-state index < -0.39 is 0 Å². The van der Waals surface area contributed by atoms with Crippen LogP contribution < -0.4 is 9.47 Å². The van der Waals surface area contributed by atoms with Crippen LogP contribution in [0.15, 0.2) is 103 Å². The molecule has 0 aliphatic carbocycles. The number of ether oxygens (including phenoxy) is 2. The van der Waals surface area contributed by atoms with Crippen LogP contribution in [0.1, 0.15) is 36.5 Å². The zero-order valence-corrected chi connectivity index (χ0v) is 18.1. The molecular weight excluding hydrogens is 380 g/mol. The zero-order chi connectivity index (χ0) is 21.5. The van der Waals surface area contributed by atoms with E-state index in [4.69, 9.17) is 9.47 Å². The van der Waals surface area contributed by atoms with Gasteiger partial charge in [-0.2, -0.15) is 0 Å². The average molecular weight is 409 g/mol. The second-order valence-electron chi connectivity index (χ2n) is 8.03. The summed E-state index contributed by atoms with van der Waals surface area (Å²) in [5.74, 6) is 3.98. The lowest BCUT2D eigenvalue weighted by Gasteiger charge is -2.10. The van der Waals surface area contributed by atoms with Crippen LogP contribution in [0.5, 0.6) is 23.0 Å². The molecule has 4 rings (SSSR count). The Morgan fingerprint density at radius 2 is 0.871 bits per heavy atom. The second-order valence-corrected chi connectivity index (χ2v) is 8.03. The topological polar surface area (TPSA) is 18.5 Å². The van der Waals surface area contributed by atoms with E-state index in [1.807, 2.05) is 66.7 Å². The first kappa shape index (κ1) is 20.7. The van der Waals surface area contributed by atoms with Gasteiger partial charge in [-0.15, -0.1) is 0 Å². The molecule has 2 nitrogen and oxygen atoms in total. The van der Waals surface area contributed by atoms with Crippen molar-refractivity contribution in [3.05, 3.63) is 120 Å². The summed E-state index contributed by atoms with van der Waals surface area (Å²) >= 11 is 0. The van der Waals surface area contributed by atoms with Gasteiger partial charge in [-0.1, -0.05) is 68.4 Å². The normalized spacial score (nSPS) is 10.8. The fourth-order valence-corrected chi connectivity index (χ4v) is 3.42. The molecule has 4 aromatic carbocycles. The van der Waals surface area contributed by atoms with Crippen molar-refractivity contribution < 1.29 is 9.47 Å². The Labute approximate surface area is 185 Å². The van der Waals surface area contributed by atoms with E-state index in [-0.39, 0.29) is 0 Å². The van der Waals surface area contributed by atoms with Gasteiger partial charge < -0.3 is 9.47 Å². The molecule has 0 saturated carbocycles. The van der Waals surface area contributed by atoms with Crippen LogP contribution in [-0.4, -0.2) is 0 Å². The maximum atomic E-state index is 5.98. The lowest BCUT2D eigenvalue weighted by Crippen LogP contribution is -1.92. The Kier molecular flexibility index (Phi) is 6.68. The highest BCUT2D eigenvalue weighted by atomic mass is 16.5. The molecule has 0 aromatic heterocycles. The molecule has 0 spiro atoms. The first-order chi connectivity index (χ1) is 15.2. The van der Waals surface area contributed by atoms with Gasteiger partial charge in [0.1, 0.15) is 23.0 Å². The third kappa shape index (κ3) is 5.99. The van der Waals surface area contributed by atoms with Gasteiger partial charge in [-0.25, -0.2) is 0 Å². The Morgan fingerprint density at radius 3 is 1.29 bits per heavy atom. The van der Waals surface area contributed by atoms with Crippen LogP contribution in [0.4, 0.5) is 0 Å². The fourth-order valence-electron chi connectivity index (χ4n) is 3.42. The molecule has 0 N–H and O–H groups in total. The summed E-state index contributed by atoms with van der Waals surface area (Å²) in [5, 5.41) is 0. The van der Waals surface area contributed by atoms with Crippen LogP contribution in [0.2, 0.25) is 0 Å². The zero-order valence-electron chi connectivity index (χ0n) is 18.1. The van der Waals surface area contributed by atoms with Crippen molar-refractivity contribution in [3.63, 3.8) is 0 Å². The lowest BCUT2D eigenvalue weighted by molar-refractivity contribution is 0.482. The van der Waals surface area contributed by atoms with Crippen molar-refractivity contribution in [1.82, 2.24) is 0 Å². The van der Waals surface area contributed by atoms with Crippen molar-refractivity contribution in [2.75, 3.05) is 0 Å². The minimum absolute atomic E-state index is 0.529. The molecule has 0 amide bonds. The highest BCUT2D eigenvalue weighted by Gasteiger charge is 2.03.